The molecule has 0 saturated carbocycles. The highest BCUT2D eigenvalue weighted by Crippen LogP contribution is 2.27. The van der Waals surface area contributed by atoms with Crippen molar-refractivity contribution >= 4 is 29.0 Å². The lowest BCUT2D eigenvalue weighted by Crippen LogP contribution is -2.15. The molecular weight excluding hydrogens is 350 g/mol. The Balaban J connectivity index is 1.54. The van der Waals surface area contributed by atoms with Crippen LogP contribution >= 0.6 is 11.8 Å². The molecule has 3 aromatic heterocycles. The quantitative estimate of drug-likeness (QED) is 0.546. The summed E-state index contributed by atoms with van der Waals surface area (Å²) in [6.07, 6.45) is 3.89. The fourth-order valence-corrected chi connectivity index (χ4v) is 3.19. The van der Waals surface area contributed by atoms with E-state index in [1.807, 2.05) is 59.3 Å². The molecule has 1 amide bonds. The summed E-state index contributed by atoms with van der Waals surface area (Å²) in [5, 5.41) is 14.7. The van der Waals surface area contributed by atoms with E-state index in [1.54, 1.807) is 7.05 Å². The lowest BCUT2D eigenvalue weighted by Gasteiger charge is -2.09. The number of fused-ring (bicyclic) bond motifs is 1. The van der Waals surface area contributed by atoms with Gasteiger partial charge in [0, 0.05) is 25.0 Å². The Morgan fingerprint density at radius 1 is 1.19 bits per heavy atom. The number of tetrazole rings is 1. The smallest absolute Gasteiger partial charge is 0.234 e. The van der Waals surface area contributed by atoms with Gasteiger partial charge in [0.25, 0.3) is 0 Å². The number of aromatic nitrogens is 6. The van der Waals surface area contributed by atoms with Crippen LogP contribution in [0.2, 0.25) is 0 Å². The van der Waals surface area contributed by atoms with E-state index >= 15 is 0 Å². The van der Waals surface area contributed by atoms with Gasteiger partial charge in [-0.2, -0.15) is 0 Å². The molecule has 130 valence electrons. The number of carbonyl (C=O) groups excluding carboxylic acids is 1. The van der Waals surface area contributed by atoms with Crippen LogP contribution in [0.1, 0.15) is 0 Å². The molecule has 8 nitrogen and oxygen atoms in total. The van der Waals surface area contributed by atoms with Crippen LogP contribution in [0.5, 0.6) is 0 Å². The number of hydrogen-bond acceptors (Lipinski definition) is 6. The molecule has 3 heterocycles. The number of aryl methyl sites for hydroxylation is 1. The monoisotopic (exact) mass is 365 g/mol. The Morgan fingerprint density at radius 3 is 2.85 bits per heavy atom. The highest BCUT2D eigenvalue weighted by molar-refractivity contribution is 7.99. The first-order valence-electron chi connectivity index (χ1n) is 7.89. The minimum Gasteiger partial charge on any atom is -0.325 e. The Hall–Kier alpha value is -3.20. The van der Waals surface area contributed by atoms with Crippen LogP contribution in [0.15, 0.2) is 60.0 Å². The zero-order valence-corrected chi connectivity index (χ0v) is 14.7. The molecule has 0 spiro atoms. The summed E-state index contributed by atoms with van der Waals surface area (Å²) in [4.78, 5) is 17.0. The van der Waals surface area contributed by atoms with Gasteiger partial charge in [-0.1, -0.05) is 36.0 Å². The van der Waals surface area contributed by atoms with Gasteiger partial charge in [0.05, 0.1) is 17.1 Å². The minimum absolute atomic E-state index is 0.130. The number of carbonyl (C=O) groups is 1. The average Bonchev–Trinajstić information content (AvgIpc) is 3.26. The molecule has 9 heteroatoms. The third-order valence-corrected chi connectivity index (χ3v) is 4.77. The van der Waals surface area contributed by atoms with E-state index in [1.165, 1.54) is 16.4 Å². The number of hydrogen-bond donors (Lipinski definition) is 1. The van der Waals surface area contributed by atoms with Gasteiger partial charge in [0.1, 0.15) is 5.65 Å². The Kier molecular flexibility index (Phi) is 4.36. The highest BCUT2D eigenvalue weighted by atomic mass is 32.2. The first-order valence-corrected chi connectivity index (χ1v) is 8.87. The third-order valence-electron chi connectivity index (χ3n) is 3.75. The number of rotatable bonds is 5. The second-order valence-electron chi connectivity index (χ2n) is 5.56. The summed E-state index contributed by atoms with van der Waals surface area (Å²) in [6.45, 7) is 0. The van der Waals surface area contributed by atoms with Crippen molar-refractivity contribution in [2.75, 3.05) is 11.1 Å². The van der Waals surface area contributed by atoms with Crippen molar-refractivity contribution in [3.63, 3.8) is 0 Å². The predicted molar refractivity (Wildman–Crippen MR) is 98.8 cm³/mol. The van der Waals surface area contributed by atoms with Crippen molar-refractivity contribution in [1.82, 2.24) is 29.6 Å². The molecule has 0 saturated heterocycles. The van der Waals surface area contributed by atoms with Gasteiger partial charge >= 0.3 is 0 Å². The maximum Gasteiger partial charge on any atom is 0.234 e. The number of nitrogens with one attached hydrogen (secondary N) is 1. The van der Waals surface area contributed by atoms with Crippen LogP contribution in [0.3, 0.4) is 0 Å². The summed E-state index contributed by atoms with van der Waals surface area (Å²) in [5.74, 6) is 0.0856. The number of benzene rings is 1. The molecule has 0 radical (unpaired) electrons. The zero-order chi connectivity index (χ0) is 17.9. The van der Waals surface area contributed by atoms with E-state index in [-0.39, 0.29) is 11.7 Å². The summed E-state index contributed by atoms with van der Waals surface area (Å²) < 4.78 is 3.48. The number of amides is 1. The molecule has 4 rings (SSSR count). The molecule has 0 unspecified atom stereocenters. The lowest BCUT2D eigenvalue weighted by atomic mass is 10.1. The van der Waals surface area contributed by atoms with Crippen molar-refractivity contribution in [1.29, 1.82) is 0 Å². The normalized spacial score (nSPS) is 11.0. The zero-order valence-electron chi connectivity index (χ0n) is 13.9. The third kappa shape index (κ3) is 3.29. The Bertz CT molecular complexity index is 1040. The highest BCUT2D eigenvalue weighted by Gasteiger charge is 2.12. The minimum atomic E-state index is -0.130. The van der Waals surface area contributed by atoms with E-state index in [0.717, 1.165) is 22.6 Å². The van der Waals surface area contributed by atoms with Crippen LogP contribution in [0.25, 0.3) is 16.9 Å². The molecule has 26 heavy (non-hydrogen) atoms. The van der Waals surface area contributed by atoms with Gasteiger partial charge in [0.2, 0.25) is 11.1 Å². The summed E-state index contributed by atoms with van der Waals surface area (Å²) >= 11 is 1.28. The Morgan fingerprint density at radius 2 is 2.04 bits per heavy atom. The molecule has 0 aliphatic rings. The number of nitrogens with zero attached hydrogens (tertiary/aromatic N) is 6. The topological polar surface area (TPSA) is 90.0 Å². The average molecular weight is 365 g/mol. The largest absolute Gasteiger partial charge is 0.325 e. The predicted octanol–water partition coefficient (Wildman–Crippen LogP) is 2.26. The van der Waals surface area contributed by atoms with Crippen LogP contribution in [0.4, 0.5) is 5.69 Å². The van der Waals surface area contributed by atoms with Crippen LogP contribution in [-0.4, -0.2) is 41.3 Å². The van der Waals surface area contributed by atoms with E-state index in [0.29, 0.717) is 5.16 Å². The van der Waals surface area contributed by atoms with E-state index in [9.17, 15) is 4.79 Å². The molecule has 1 aromatic carbocycles. The standard InChI is InChI=1S/C17H15N7OS/c1-23-17(20-21-22-23)26-11-16(25)19-13-7-3-2-6-12(13)14-10-24-9-5-4-8-15(24)18-14/h2-10H,11H2,1H3,(H,19,25). The molecule has 1 N–H and O–H groups in total. The van der Waals surface area contributed by atoms with Crippen LogP contribution < -0.4 is 5.32 Å². The molecule has 0 atom stereocenters. The van der Waals surface area contributed by atoms with Gasteiger partial charge in [-0.3, -0.25) is 4.79 Å². The second-order valence-corrected chi connectivity index (χ2v) is 6.50. The van der Waals surface area contributed by atoms with E-state index < -0.39 is 0 Å². The maximum absolute atomic E-state index is 12.3. The van der Waals surface area contributed by atoms with Gasteiger partial charge in [0.15, 0.2) is 0 Å². The molecule has 0 bridgehead atoms. The maximum atomic E-state index is 12.3. The summed E-state index contributed by atoms with van der Waals surface area (Å²) in [5.41, 5.74) is 3.25. The van der Waals surface area contributed by atoms with Crippen molar-refractivity contribution in [3.8, 4) is 11.3 Å². The lowest BCUT2D eigenvalue weighted by molar-refractivity contribution is -0.113. The molecule has 0 aliphatic heterocycles. The number of thioether (sulfide) groups is 1. The van der Waals surface area contributed by atoms with Crippen molar-refractivity contribution in [2.45, 2.75) is 5.16 Å². The molecule has 0 aliphatic carbocycles. The first-order chi connectivity index (χ1) is 12.7. The van der Waals surface area contributed by atoms with E-state index in [4.69, 9.17) is 0 Å². The molecular formula is C17H15N7OS. The fourth-order valence-electron chi connectivity index (χ4n) is 2.54. The number of para-hydroxylation sites is 1. The van der Waals surface area contributed by atoms with Crippen LogP contribution in [0, 0.1) is 0 Å². The number of anilines is 1. The van der Waals surface area contributed by atoms with Gasteiger partial charge in [-0.25, -0.2) is 9.67 Å². The van der Waals surface area contributed by atoms with Gasteiger partial charge < -0.3 is 9.72 Å². The number of imidazole rings is 1. The number of pyridine rings is 1. The van der Waals surface area contributed by atoms with Crippen molar-refractivity contribution in [2.24, 2.45) is 7.05 Å². The van der Waals surface area contributed by atoms with E-state index in [2.05, 4.69) is 25.8 Å². The second kappa shape index (κ2) is 6.96. The molecule has 4 aromatic rings. The van der Waals surface area contributed by atoms with Crippen molar-refractivity contribution in [3.05, 3.63) is 54.9 Å². The van der Waals surface area contributed by atoms with Crippen molar-refractivity contribution < 1.29 is 4.79 Å². The molecule has 0 fully saturated rings. The SMILES string of the molecule is Cn1nnnc1SCC(=O)Nc1ccccc1-c1cn2ccccc2n1. The first kappa shape index (κ1) is 16.3. The summed E-state index contributed by atoms with van der Waals surface area (Å²) in [7, 11) is 1.74. The Labute approximate surface area is 153 Å². The fraction of sp³-hybridized carbons (Fsp3) is 0.118. The van der Waals surface area contributed by atoms with Gasteiger partial charge in [-0.05, 0) is 28.6 Å². The summed E-state index contributed by atoms with van der Waals surface area (Å²) in [6, 6.07) is 13.5. The van der Waals surface area contributed by atoms with Gasteiger partial charge in [-0.15, -0.1) is 5.10 Å². The van der Waals surface area contributed by atoms with Crippen LogP contribution in [-0.2, 0) is 11.8 Å².